The van der Waals surface area contributed by atoms with Crippen LogP contribution in [0.4, 0.5) is 5.13 Å². The van der Waals surface area contributed by atoms with Gasteiger partial charge >= 0.3 is 0 Å². The first kappa shape index (κ1) is 16.0. The molecule has 9 heteroatoms. The molecule has 1 aliphatic heterocycles. The van der Waals surface area contributed by atoms with Gasteiger partial charge in [0, 0.05) is 37.8 Å². The lowest BCUT2D eigenvalue weighted by atomic mass is 10.2. The van der Waals surface area contributed by atoms with Crippen molar-refractivity contribution in [2.24, 2.45) is 0 Å². The van der Waals surface area contributed by atoms with Gasteiger partial charge in [0.1, 0.15) is 0 Å². The Morgan fingerprint density at radius 3 is 2.83 bits per heavy atom. The third-order valence-electron chi connectivity index (χ3n) is 3.93. The molecule has 0 unspecified atom stereocenters. The first-order valence-corrected chi connectivity index (χ1v) is 8.46. The molecule has 23 heavy (non-hydrogen) atoms. The zero-order valence-electron chi connectivity index (χ0n) is 13.2. The van der Waals surface area contributed by atoms with E-state index in [1.165, 1.54) is 11.3 Å². The highest BCUT2D eigenvalue weighted by Crippen LogP contribution is 2.14. The summed E-state index contributed by atoms with van der Waals surface area (Å²) in [5.41, 5.74) is 0. The molecular formula is C14H20N6O2S. The van der Waals surface area contributed by atoms with Gasteiger partial charge in [0.2, 0.25) is 11.8 Å². The Kier molecular flexibility index (Phi) is 4.99. The van der Waals surface area contributed by atoms with Crippen LogP contribution >= 0.6 is 11.3 Å². The van der Waals surface area contributed by atoms with Gasteiger partial charge in [-0.3, -0.25) is 14.6 Å². The smallest absolute Gasteiger partial charge is 0.243 e. The standard InChI is InChI=1S/C14H20N6O2S/c1-10(13(21)17-14-15-3-8-23-14)20-6-4-19(5-7-20)9-12-16-11(2)18-22-12/h3,8,10H,4-7,9H2,1-2H3,(H,15,17,21)/t10-/m1/s1. The Bertz CT molecular complexity index is 635. The third-order valence-corrected chi connectivity index (χ3v) is 4.61. The van der Waals surface area contributed by atoms with E-state index in [-0.39, 0.29) is 11.9 Å². The number of nitrogens with zero attached hydrogens (tertiary/aromatic N) is 5. The highest BCUT2D eigenvalue weighted by Gasteiger charge is 2.26. The lowest BCUT2D eigenvalue weighted by molar-refractivity contribution is -0.121. The molecule has 124 valence electrons. The van der Waals surface area contributed by atoms with Gasteiger partial charge in [-0.05, 0) is 13.8 Å². The maximum absolute atomic E-state index is 12.3. The second kappa shape index (κ2) is 7.16. The molecule has 0 aromatic carbocycles. The largest absolute Gasteiger partial charge is 0.338 e. The number of rotatable bonds is 5. The Balaban J connectivity index is 1.47. The molecule has 1 fully saturated rings. The summed E-state index contributed by atoms with van der Waals surface area (Å²) >= 11 is 1.43. The Morgan fingerprint density at radius 1 is 1.43 bits per heavy atom. The summed E-state index contributed by atoms with van der Waals surface area (Å²) in [5, 5.41) is 9.15. The van der Waals surface area contributed by atoms with Crippen LogP contribution in [0.25, 0.3) is 0 Å². The first-order valence-electron chi connectivity index (χ1n) is 7.58. The lowest BCUT2D eigenvalue weighted by Crippen LogP contribution is -2.52. The van der Waals surface area contributed by atoms with Crippen molar-refractivity contribution >= 4 is 22.4 Å². The molecule has 0 radical (unpaired) electrons. The Labute approximate surface area is 138 Å². The molecule has 2 aromatic rings. The van der Waals surface area contributed by atoms with E-state index in [0.717, 1.165) is 26.2 Å². The number of nitrogens with one attached hydrogen (secondary N) is 1. The fourth-order valence-electron chi connectivity index (χ4n) is 2.57. The molecule has 1 aliphatic rings. The van der Waals surface area contributed by atoms with Crippen molar-refractivity contribution < 1.29 is 9.32 Å². The summed E-state index contributed by atoms with van der Waals surface area (Å²) in [7, 11) is 0. The summed E-state index contributed by atoms with van der Waals surface area (Å²) in [6, 6.07) is -0.174. The molecule has 0 bridgehead atoms. The summed E-state index contributed by atoms with van der Waals surface area (Å²) in [4.78, 5) is 25.0. The number of aryl methyl sites for hydroxylation is 1. The maximum Gasteiger partial charge on any atom is 0.243 e. The summed E-state index contributed by atoms with van der Waals surface area (Å²) in [5.74, 6) is 1.29. The molecule has 8 nitrogen and oxygen atoms in total. The lowest BCUT2D eigenvalue weighted by Gasteiger charge is -2.36. The van der Waals surface area contributed by atoms with Crippen molar-refractivity contribution in [3.8, 4) is 0 Å². The van der Waals surface area contributed by atoms with Crippen LogP contribution in [-0.2, 0) is 11.3 Å². The summed E-state index contributed by atoms with van der Waals surface area (Å²) in [6.07, 6.45) is 1.68. The number of carbonyl (C=O) groups excluding carboxylic acids is 1. The van der Waals surface area contributed by atoms with E-state index < -0.39 is 0 Å². The average molecular weight is 336 g/mol. The number of hydrogen-bond acceptors (Lipinski definition) is 8. The average Bonchev–Trinajstić information content (AvgIpc) is 3.19. The highest BCUT2D eigenvalue weighted by molar-refractivity contribution is 7.13. The SMILES string of the molecule is Cc1noc(CN2CCN([C@H](C)C(=O)Nc3nccs3)CC2)n1. The van der Waals surface area contributed by atoms with Crippen LogP contribution in [0.15, 0.2) is 16.1 Å². The van der Waals surface area contributed by atoms with Gasteiger partial charge in [-0.2, -0.15) is 4.98 Å². The predicted molar refractivity (Wildman–Crippen MR) is 86.1 cm³/mol. The molecule has 2 aromatic heterocycles. The van der Waals surface area contributed by atoms with Crippen LogP contribution in [-0.4, -0.2) is 63.1 Å². The zero-order valence-corrected chi connectivity index (χ0v) is 14.0. The fourth-order valence-corrected chi connectivity index (χ4v) is 3.10. The van der Waals surface area contributed by atoms with Gasteiger partial charge in [-0.25, -0.2) is 4.98 Å². The molecule has 1 atom stereocenters. The topological polar surface area (TPSA) is 87.4 Å². The molecule has 3 rings (SSSR count). The van der Waals surface area contributed by atoms with Crippen molar-refractivity contribution in [2.75, 3.05) is 31.5 Å². The van der Waals surface area contributed by atoms with Crippen molar-refractivity contribution in [3.63, 3.8) is 0 Å². The molecule has 1 saturated heterocycles. The van der Waals surface area contributed by atoms with E-state index in [0.29, 0.717) is 23.4 Å². The van der Waals surface area contributed by atoms with Gasteiger partial charge in [-0.15, -0.1) is 11.3 Å². The number of piperazine rings is 1. The Morgan fingerprint density at radius 2 is 2.22 bits per heavy atom. The normalized spacial score (nSPS) is 18.0. The van der Waals surface area contributed by atoms with Crippen molar-refractivity contribution in [3.05, 3.63) is 23.3 Å². The van der Waals surface area contributed by atoms with Gasteiger partial charge in [0.15, 0.2) is 11.0 Å². The highest BCUT2D eigenvalue weighted by atomic mass is 32.1. The van der Waals surface area contributed by atoms with Crippen LogP contribution in [0.1, 0.15) is 18.6 Å². The fraction of sp³-hybridized carbons (Fsp3) is 0.571. The number of thiazole rings is 1. The van der Waals surface area contributed by atoms with Crippen LogP contribution in [0, 0.1) is 6.92 Å². The van der Waals surface area contributed by atoms with Crippen LogP contribution in [0.3, 0.4) is 0 Å². The summed E-state index contributed by atoms with van der Waals surface area (Å²) < 4.78 is 5.15. The van der Waals surface area contributed by atoms with Gasteiger partial charge in [0.25, 0.3) is 0 Å². The van der Waals surface area contributed by atoms with E-state index in [2.05, 4.69) is 30.2 Å². The van der Waals surface area contributed by atoms with Crippen LogP contribution in [0.2, 0.25) is 0 Å². The molecule has 0 saturated carbocycles. The minimum atomic E-state index is -0.174. The molecule has 1 amide bonds. The van der Waals surface area contributed by atoms with E-state index in [1.54, 1.807) is 6.20 Å². The van der Waals surface area contributed by atoms with E-state index in [4.69, 9.17) is 4.52 Å². The number of aromatic nitrogens is 3. The number of anilines is 1. The van der Waals surface area contributed by atoms with E-state index in [1.807, 2.05) is 19.2 Å². The van der Waals surface area contributed by atoms with Gasteiger partial charge < -0.3 is 9.84 Å². The molecule has 0 aliphatic carbocycles. The number of carbonyl (C=O) groups is 1. The molecule has 1 N–H and O–H groups in total. The quantitative estimate of drug-likeness (QED) is 0.871. The zero-order chi connectivity index (χ0) is 16.2. The van der Waals surface area contributed by atoms with Gasteiger partial charge in [-0.1, -0.05) is 5.16 Å². The van der Waals surface area contributed by atoms with Crippen molar-refractivity contribution in [1.29, 1.82) is 0 Å². The van der Waals surface area contributed by atoms with Crippen molar-refractivity contribution in [2.45, 2.75) is 26.4 Å². The molecule has 0 spiro atoms. The third kappa shape index (κ3) is 4.12. The maximum atomic E-state index is 12.3. The molecular weight excluding hydrogens is 316 g/mol. The second-order valence-corrected chi connectivity index (χ2v) is 6.44. The number of amides is 1. The minimum Gasteiger partial charge on any atom is -0.338 e. The van der Waals surface area contributed by atoms with Gasteiger partial charge in [0.05, 0.1) is 12.6 Å². The first-order chi connectivity index (χ1) is 11.1. The minimum absolute atomic E-state index is 0.0130. The van der Waals surface area contributed by atoms with E-state index >= 15 is 0 Å². The van der Waals surface area contributed by atoms with Crippen LogP contribution in [0.5, 0.6) is 0 Å². The second-order valence-electron chi connectivity index (χ2n) is 5.55. The number of hydrogen-bond donors (Lipinski definition) is 1. The van der Waals surface area contributed by atoms with E-state index in [9.17, 15) is 4.79 Å². The Hall–Kier alpha value is -1.84. The monoisotopic (exact) mass is 336 g/mol. The van der Waals surface area contributed by atoms with Crippen molar-refractivity contribution in [1.82, 2.24) is 24.9 Å². The van der Waals surface area contributed by atoms with Crippen LogP contribution < -0.4 is 5.32 Å². The summed E-state index contributed by atoms with van der Waals surface area (Å²) in [6.45, 7) is 7.81. The molecule has 3 heterocycles. The predicted octanol–water partition coefficient (Wildman–Crippen LogP) is 0.979.